The number of furan rings is 1. The Hall–Kier alpha value is -3.95. The van der Waals surface area contributed by atoms with E-state index < -0.39 is 10.9 Å². The van der Waals surface area contributed by atoms with Gasteiger partial charge < -0.3 is 19.8 Å². The van der Waals surface area contributed by atoms with Crippen LogP contribution in [0.1, 0.15) is 23.0 Å². The second-order valence-electron chi connectivity index (χ2n) is 5.54. The monoisotopic (exact) mass is 383 g/mol. The number of aromatic nitrogens is 2. The third kappa shape index (κ3) is 4.41. The number of nitrogens with zero attached hydrogens (tertiary/aromatic N) is 3. The van der Waals surface area contributed by atoms with Crippen molar-refractivity contribution in [3.63, 3.8) is 0 Å². The Labute approximate surface area is 159 Å². The highest BCUT2D eigenvalue weighted by Crippen LogP contribution is 2.31. The van der Waals surface area contributed by atoms with Gasteiger partial charge in [-0.25, -0.2) is 14.8 Å². The van der Waals surface area contributed by atoms with E-state index >= 15 is 0 Å². The summed E-state index contributed by atoms with van der Waals surface area (Å²) in [5.41, 5.74) is 0.444. The highest BCUT2D eigenvalue weighted by Gasteiger charge is 2.23. The van der Waals surface area contributed by atoms with Crippen LogP contribution >= 0.6 is 0 Å². The smallest absolute Gasteiger partial charge is 0.353 e. The van der Waals surface area contributed by atoms with Crippen molar-refractivity contribution in [3.8, 4) is 0 Å². The molecule has 0 bridgehead atoms. The molecular formula is C18H17N5O5. The zero-order chi connectivity index (χ0) is 19.9. The summed E-state index contributed by atoms with van der Waals surface area (Å²) in [4.78, 5) is 30.8. The molecule has 3 aromatic rings. The number of rotatable bonds is 8. The van der Waals surface area contributed by atoms with Crippen molar-refractivity contribution >= 4 is 29.0 Å². The van der Waals surface area contributed by atoms with Crippen molar-refractivity contribution in [1.29, 1.82) is 0 Å². The van der Waals surface area contributed by atoms with E-state index in [-0.39, 0.29) is 30.5 Å². The van der Waals surface area contributed by atoms with Crippen LogP contribution in [-0.2, 0) is 11.3 Å². The van der Waals surface area contributed by atoms with Gasteiger partial charge in [-0.3, -0.25) is 10.1 Å². The highest BCUT2D eigenvalue weighted by atomic mass is 16.6. The van der Waals surface area contributed by atoms with Crippen LogP contribution in [0.3, 0.4) is 0 Å². The molecule has 0 aliphatic rings. The molecule has 0 aliphatic heterocycles. The van der Waals surface area contributed by atoms with Crippen LogP contribution in [0.5, 0.6) is 0 Å². The fourth-order valence-electron chi connectivity index (χ4n) is 2.43. The first-order chi connectivity index (χ1) is 13.6. The van der Waals surface area contributed by atoms with Gasteiger partial charge in [0.15, 0.2) is 0 Å². The summed E-state index contributed by atoms with van der Waals surface area (Å²) >= 11 is 0. The second kappa shape index (κ2) is 8.62. The molecule has 0 fully saturated rings. The van der Waals surface area contributed by atoms with Gasteiger partial charge in [-0.2, -0.15) is 0 Å². The van der Waals surface area contributed by atoms with Crippen LogP contribution in [0.15, 0.2) is 53.4 Å². The number of ether oxygens (including phenoxy) is 1. The predicted octanol–water partition coefficient (Wildman–Crippen LogP) is 3.51. The van der Waals surface area contributed by atoms with E-state index in [9.17, 15) is 14.9 Å². The molecule has 10 nitrogen and oxygen atoms in total. The van der Waals surface area contributed by atoms with Gasteiger partial charge in [-0.15, -0.1) is 0 Å². The summed E-state index contributed by atoms with van der Waals surface area (Å²) in [6.07, 6.45) is 2.71. The van der Waals surface area contributed by atoms with E-state index in [0.29, 0.717) is 17.0 Å². The SMILES string of the molecule is CCOC(=O)c1cccc(Nc2ncnc(NCc3ccco3)c2[N+](=O)[O-])c1. The first-order valence-electron chi connectivity index (χ1n) is 8.38. The number of hydrogen-bond acceptors (Lipinski definition) is 9. The molecule has 2 N–H and O–H groups in total. The Morgan fingerprint density at radius 1 is 1.25 bits per heavy atom. The predicted molar refractivity (Wildman–Crippen MR) is 100 cm³/mol. The van der Waals surface area contributed by atoms with Gasteiger partial charge in [0.25, 0.3) is 0 Å². The molecule has 2 heterocycles. The summed E-state index contributed by atoms with van der Waals surface area (Å²) in [6.45, 7) is 2.18. The van der Waals surface area contributed by atoms with Gasteiger partial charge in [0.05, 0.1) is 29.9 Å². The van der Waals surface area contributed by atoms with Crippen LogP contribution in [0.2, 0.25) is 0 Å². The number of carbonyl (C=O) groups is 1. The maximum absolute atomic E-state index is 11.9. The lowest BCUT2D eigenvalue weighted by Crippen LogP contribution is -2.08. The lowest BCUT2D eigenvalue weighted by Gasteiger charge is -2.10. The van der Waals surface area contributed by atoms with Crippen molar-refractivity contribution in [2.75, 3.05) is 17.2 Å². The number of esters is 1. The maximum atomic E-state index is 11.9. The lowest BCUT2D eigenvalue weighted by molar-refractivity contribution is -0.383. The van der Waals surface area contributed by atoms with E-state index in [1.807, 2.05) is 0 Å². The molecule has 2 aromatic heterocycles. The summed E-state index contributed by atoms with van der Waals surface area (Å²) in [5, 5.41) is 17.3. The molecule has 144 valence electrons. The van der Waals surface area contributed by atoms with Crippen LogP contribution in [0.25, 0.3) is 0 Å². The van der Waals surface area contributed by atoms with E-state index in [0.717, 1.165) is 0 Å². The maximum Gasteiger partial charge on any atom is 0.353 e. The number of nitro groups is 1. The van der Waals surface area contributed by atoms with Crippen molar-refractivity contribution in [1.82, 2.24) is 9.97 Å². The summed E-state index contributed by atoms with van der Waals surface area (Å²) in [6, 6.07) is 9.87. The Balaban J connectivity index is 1.85. The first kappa shape index (κ1) is 18.8. The molecule has 0 saturated carbocycles. The van der Waals surface area contributed by atoms with Crippen LogP contribution < -0.4 is 10.6 Å². The minimum atomic E-state index is -0.581. The number of nitrogens with one attached hydrogen (secondary N) is 2. The molecule has 28 heavy (non-hydrogen) atoms. The third-order valence-electron chi connectivity index (χ3n) is 3.65. The zero-order valence-corrected chi connectivity index (χ0v) is 14.9. The van der Waals surface area contributed by atoms with E-state index in [1.54, 1.807) is 37.3 Å². The molecule has 0 atom stereocenters. The molecule has 1 aromatic carbocycles. The molecule has 3 rings (SSSR count). The third-order valence-corrected chi connectivity index (χ3v) is 3.65. The van der Waals surface area contributed by atoms with E-state index in [1.165, 1.54) is 18.7 Å². The average Bonchev–Trinajstić information content (AvgIpc) is 3.20. The van der Waals surface area contributed by atoms with Gasteiger partial charge in [-0.1, -0.05) is 6.07 Å². The van der Waals surface area contributed by atoms with Crippen molar-refractivity contribution in [2.24, 2.45) is 0 Å². The van der Waals surface area contributed by atoms with Crippen LogP contribution in [0, 0.1) is 10.1 Å². The van der Waals surface area contributed by atoms with Gasteiger partial charge in [0.2, 0.25) is 11.6 Å². The summed E-state index contributed by atoms with van der Waals surface area (Å²) in [7, 11) is 0. The fourth-order valence-corrected chi connectivity index (χ4v) is 2.43. The molecule has 0 amide bonds. The van der Waals surface area contributed by atoms with Crippen molar-refractivity contribution < 1.29 is 18.9 Å². The van der Waals surface area contributed by atoms with E-state index in [4.69, 9.17) is 9.15 Å². The zero-order valence-electron chi connectivity index (χ0n) is 14.9. The number of anilines is 3. The molecule has 0 radical (unpaired) electrons. The summed E-state index contributed by atoms with van der Waals surface area (Å²) < 4.78 is 10.2. The molecule has 0 spiro atoms. The quantitative estimate of drug-likeness (QED) is 0.340. The Kier molecular flexibility index (Phi) is 5.80. The largest absolute Gasteiger partial charge is 0.467 e. The molecule has 0 saturated heterocycles. The normalized spacial score (nSPS) is 10.3. The molecule has 10 heteroatoms. The Morgan fingerprint density at radius 3 is 2.79 bits per heavy atom. The molecule has 0 aliphatic carbocycles. The second-order valence-corrected chi connectivity index (χ2v) is 5.54. The van der Waals surface area contributed by atoms with Gasteiger partial charge in [-0.05, 0) is 37.3 Å². The molecule has 0 unspecified atom stereocenters. The van der Waals surface area contributed by atoms with Gasteiger partial charge in [0, 0.05) is 5.69 Å². The number of hydrogen-bond donors (Lipinski definition) is 2. The summed E-state index contributed by atoms with van der Waals surface area (Å²) in [5.74, 6) is 0.150. The van der Waals surface area contributed by atoms with Crippen molar-refractivity contribution in [2.45, 2.75) is 13.5 Å². The van der Waals surface area contributed by atoms with Crippen molar-refractivity contribution in [3.05, 3.63) is 70.4 Å². The minimum absolute atomic E-state index is 0.0112. The first-order valence-corrected chi connectivity index (χ1v) is 8.38. The van der Waals surface area contributed by atoms with Crippen LogP contribution in [0.4, 0.5) is 23.0 Å². The molecular weight excluding hydrogens is 366 g/mol. The van der Waals surface area contributed by atoms with Crippen LogP contribution in [-0.4, -0.2) is 27.5 Å². The Bertz CT molecular complexity index is 974. The minimum Gasteiger partial charge on any atom is -0.467 e. The fraction of sp³-hybridized carbons (Fsp3) is 0.167. The Morgan fingerprint density at radius 2 is 2.07 bits per heavy atom. The lowest BCUT2D eigenvalue weighted by atomic mass is 10.2. The highest BCUT2D eigenvalue weighted by molar-refractivity contribution is 5.91. The standard InChI is InChI=1S/C18H17N5O5/c1-2-27-18(24)12-5-3-6-13(9-12)22-17-15(23(25)26)16(20-11-21-17)19-10-14-7-4-8-28-14/h3-9,11H,2,10H2,1H3,(H2,19,20,21,22). The number of benzene rings is 1. The van der Waals surface area contributed by atoms with Gasteiger partial charge >= 0.3 is 11.7 Å². The number of carbonyl (C=O) groups excluding carboxylic acids is 1. The van der Waals surface area contributed by atoms with Gasteiger partial charge in [0.1, 0.15) is 12.1 Å². The average molecular weight is 383 g/mol. The van der Waals surface area contributed by atoms with E-state index in [2.05, 4.69) is 20.6 Å². The topological polar surface area (TPSA) is 132 Å².